The summed E-state index contributed by atoms with van der Waals surface area (Å²) in [5, 5.41) is 11.5. The number of aryl methyl sites for hydroxylation is 2. The van der Waals surface area contributed by atoms with E-state index >= 15 is 0 Å². The molecule has 1 aliphatic rings. The number of nitrogen functional groups attached to an aromatic ring is 1. The second-order valence-corrected chi connectivity index (χ2v) is 7.65. The maximum absolute atomic E-state index is 11.9. The summed E-state index contributed by atoms with van der Waals surface area (Å²) in [5.74, 6) is 0.216. The van der Waals surface area contributed by atoms with E-state index in [1.165, 1.54) is 40.8 Å². The summed E-state index contributed by atoms with van der Waals surface area (Å²) < 4.78 is 0.705. The molecule has 9 heteroatoms. The molecule has 2 aromatic rings. The van der Waals surface area contributed by atoms with Crippen molar-refractivity contribution in [2.45, 2.75) is 30.0 Å². The molecule has 20 heavy (non-hydrogen) atoms. The summed E-state index contributed by atoms with van der Waals surface area (Å²) in [5.41, 5.74) is 6.64. The van der Waals surface area contributed by atoms with E-state index < -0.39 is 0 Å². The maximum atomic E-state index is 11.9. The molecule has 0 bridgehead atoms. The van der Waals surface area contributed by atoms with Gasteiger partial charge in [0.1, 0.15) is 0 Å². The number of hydrogen-bond donors (Lipinski definition) is 2. The van der Waals surface area contributed by atoms with Gasteiger partial charge in [-0.2, -0.15) is 0 Å². The van der Waals surface area contributed by atoms with Crippen molar-refractivity contribution >= 4 is 50.6 Å². The van der Waals surface area contributed by atoms with Crippen LogP contribution < -0.4 is 11.1 Å². The molecule has 2 aromatic heterocycles. The van der Waals surface area contributed by atoms with Crippen molar-refractivity contribution in [2.75, 3.05) is 16.8 Å². The zero-order valence-corrected chi connectivity index (χ0v) is 13.0. The third-order valence-electron chi connectivity index (χ3n) is 2.84. The Morgan fingerprint density at radius 3 is 2.90 bits per heavy atom. The number of carbonyl (C=O) groups is 1. The first-order valence-electron chi connectivity index (χ1n) is 6.21. The van der Waals surface area contributed by atoms with Crippen LogP contribution in [0, 0.1) is 0 Å². The van der Waals surface area contributed by atoms with E-state index in [9.17, 15) is 4.79 Å². The molecule has 3 rings (SSSR count). The molecular weight excluding hydrogens is 314 g/mol. The monoisotopic (exact) mass is 327 g/mol. The van der Waals surface area contributed by atoms with Crippen LogP contribution in [0.15, 0.2) is 4.34 Å². The van der Waals surface area contributed by atoms with Crippen LogP contribution in [-0.2, 0) is 17.6 Å². The summed E-state index contributed by atoms with van der Waals surface area (Å²) in [4.78, 5) is 17.7. The molecule has 0 saturated heterocycles. The fourth-order valence-electron chi connectivity index (χ4n) is 1.97. The number of aromatic nitrogens is 3. The van der Waals surface area contributed by atoms with Crippen LogP contribution in [0.1, 0.15) is 23.4 Å². The topological polar surface area (TPSA) is 93.8 Å². The number of carbonyl (C=O) groups excluding carboxylic acids is 1. The Kier molecular flexibility index (Phi) is 4.18. The van der Waals surface area contributed by atoms with Gasteiger partial charge >= 0.3 is 0 Å². The minimum Gasteiger partial charge on any atom is -0.374 e. The fourth-order valence-corrected chi connectivity index (χ4v) is 4.47. The molecule has 0 fully saturated rings. The van der Waals surface area contributed by atoms with Gasteiger partial charge in [0, 0.05) is 4.88 Å². The van der Waals surface area contributed by atoms with Gasteiger partial charge in [0.15, 0.2) is 9.47 Å². The molecule has 3 N–H and O–H groups in total. The summed E-state index contributed by atoms with van der Waals surface area (Å²) in [7, 11) is 0. The first-order chi connectivity index (χ1) is 9.70. The van der Waals surface area contributed by atoms with Crippen LogP contribution in [-0.4, -0.2) is 26.8 Å². The highest BCUT2D eigenvalue weighted by molar-refractivity contribution is 8.01. The number of nitrogens with zero attached hydrogens (tertiary/aromatic N) is 3. The van der Waals surface area contributed by atoms with E-state index in [1.54, 1.807) is 11.3 Å². The number of hydrogen-bond acceptors (Lipinski definition) is 8. The molecule has 106 valence electrons. The lowest BCUT2D eigenvalue weighted by Crippen LogP contribution is -2.13. The Labute approximate surface area is 128 Å². The van der Waals surface area contributed by atoms with E-state index in [2.05, 4.69) is 20.5 Å². The standard InChI is InChI=1S/C11H13N5OS3/c12-9-15-16-11(20-9)18-5-8(17)14-10-13-6-3-1-2-4-7(6)19-10/h1-5H2,(H2,12,15)(H,13,14,17). The quantitative estimate of drug-likeness (QED) is 0.836. The highest BCUT2D eigenvalue weighted by Crippen LogP contribution is 2.30. The van der Waals surface area contributed by atoms with Gasteiger partial charge in [0.25, 0.3) is 0 Å². The molecule has 1 aliphatic carbocycles. The van der Waals surface area contributed by atoms with Crippen LogP contribution >= 0.6 is 34.4 Å². The maximum Gasteiger partial charge on any atom is 0.236 e. The first-order valence-corrected chi connectivity index (χ1v) is 8.83. The van der Waals surface area contributed by atoms with Crippen LogP contribution in [0.25, 0.3) is 0 Å². The van der Waals surface area contributed by atoms with Gasteiger partial charge in [-0.3, -0.25) is 4.79 Å². The number of thiazole rings is 1. The van der Waals surface area contributed by atoms with Gasteiger partial charge in [0.05, 0.1) is 11.4 Å². The number of nitrogens with one attached hydrogen (secondary N) is 1. The SMILES string of the molecule is Nc1nnc(SCC(=O)Nc2nc3c(s2)CCCC3)s1. The van der Waals surface area contributed by atoms with Gasteiger partial charge < -0.3 is 11.1 Å². The molecule has 1 amide bonds. The Bertz CT molecular complexity index is 600. The van der Waals surface area contributed by atoms with E-state index in [4.69, 9.17) is 5.73 Å². The van der Waals surface area contributed by atoms with Crippen LogP contribution in [0.3, 0.4) is 0 Å². The predicted octanol–water partition coefficient (Wildman–Crippen LogP) is 2.19. The zero-order chi connectivity index (χ0) is 13.9. The predicted molar refractivity (Wildman–Crippen MR) is 82.4 cm³/mol. The van der Waals surface area contributed by atoms with Crippen molar-refractivity contribution in [3.63, 3.8) is 0 Å². The zero-order valence-electron chi connectivity index (χ0n) is 10.6. The number of nitrogens with two attached hydrogens (primary N) is 1. The van der Waals surface area contributed by atoms with Crippen molar-refractivity contribution in [3.05, 3.63) is 10.6 Å². The molecule has 2 heterocycles. The second-order valence-electron chi connectivity index (χ2n) is 4.34. The highest BCUT2D eigenvalue weighted by atomic mass is 32.2. The summed E-state index contributed by atoms with van der Waals surface area (Å²) in [6.07, 6.45) is 4.53. The van der Waals surface area contributed by atoms with Gasteiger partial charge in [-0.25, -0.2) is 4.98 Å². The number of anilines is 2. The molecule has 0 saturated carbocycles. The minimum atomic E-state index is -0.0742. The number of rotatable bonds is 4. The van der Waals surface area contributed by atoms with Crippen molar-refractivity contribution in [3.8, 4) is 0 Å². The number of fused-ring (bicyclic) bond motifs is 1. The average Bonchev–Trinajstić information content (AvgIpc) is 3.01. The lowest BCUT2D eigenvalue weighted by Gasteiger charge is -2.06. The molecule has 0 aliphatic heterocycles. The van der Waals surface area contributed by atoms with Gasteiger partial charge in [-0.05, 0) is 25.7 Å². The third-order valence-corrected chi connectivity index (χ3v) is 5.80. The largest absolute Gasteiger partial charge is 0.374 e. The van der Waals surface area contributed by atoms with Crippen molar-refractivity contribution < 1.29 is 4.79 Å². The Hall–Kier alpha value is -1.19. The van der Waals surface area contributed by atoms with Crippen LogP contribution in [0.2, 0.25) is 0 Å². The average molecular weight is 327 g/mol. The second kappa shape index (κ2) is 6.06. The Balaban J connectivity index is 1.54. The summed E-state index contributed by atoms with van der Waals surface area (Å²) in [6, 6.07) is 0. The van der Waals surface area contributed by atoms with E-state index in [0.717, 1.165) is 18.5 Å². The lowest BCUT2D eigenvalue weighted by atomic mass is 10.0. The summed E-state index contributed by atoms with van der Waals surface area (Å²) >= 11 is 4.21. The van der Waals surface area contributed by atoms with E-state index in [-0.39, 0.29) is 5.91 Å². The van der Waals surface area contributed by atoms with E-state index in [0.29, 0.717) is 20.4 Å². The third kappa shape index (κ3) is 3.28. The van der Waals surface area contributed by atoms with Gasteiger partial charge in [-0.1, -0.05) is 23.1 Å². The highest BCUT2D eigenvalue weighted by Gasteiger charge is 2.16. The smallest absolute Gasteiger partial charge is 0.236 e. The molecule has 0 atom stereocenters. The number of amides is 1. The fraction of sp³-hybridized carbons (Fsp3) is 0.455. The first kappa shape index (κ1) is 13.8. The normalized spacial score (nSPS) is 14.0. The molecule has 6 nitrogen and oxygen atoms in total. The van der Waals surface area contributed by atoms with Crippen molar-refractivity contribution in [2.24, 2.45) is 0 Å². The van der Waals surface area contributed by atoms with Gasteiger partial charge in [0.2, 0.25) is 11.0 Å². The Morgan fingerprint density at radius 1 is 1.30 bits per heavy atom. The Morgan fingerprint density at radius 2 is 2.15 bits per heavy atom. The van der Waals surface area contributed by atoms with Crippen molar-refractivity contribution in [1.29, 1.82) is 0 Å². The summed E-state index contributed by atoms with van der Waals surface area (Å²) in [6.45, 7) is 0. The van der Waals surface area contributed by atoms with Crippen LogP contribution in [0.4, 0.5) is 10.3 Å². The minimum absolute atomic E-state index is 0.0742. The van der Waals surface area contributed by atoms with Crippen LogP contribution in [0.5, 0.6) is 0 Å². The van der Waals surface area contributed by atoms with Gasteiger partial charge in [-0.15, -0.1) is 21.5 Å². The molecule has 0 spiro atoms. The molecule has 0 aromatic carbocycles. The van der Waals surface area contributed by atoms with Crippen molar-refractivity contribution in [1.82, 2.24) is 15.2 Å². The molecule has 0 radical (unpaired) electrons. The molecular formula is C11H13N5OS3. The number of thioether (sulfide) groups is 1. The lowest BCUT2D eigenvalue weighted by molar-refractivity contribution is -0.113. The molecule has 0 unspecified atom stereocenters. The van der Waals surface area contributed by atoms with E-state index in [1.807, 2.05) is 0 Å².